The van der Waals surface area contributed by atoms with Crippen LogP contribution < -0.4 is 9.64 Å². The number of hydrogen-bond acceptors (Lipinski definition) is 6. The Bertz CT molecular complexity index is 538. The van der Waals surface area contributed by atoms with E-state index >= 15 is 0 Å². The van der Waals surface area contributed by atoms with Crippen molar-refractivity contribution in [1.82, 2.24) is 14.3 Å². The third kappa shape index (κ3) is 3.37. The van der Waals surface area contributed by atoms with Gasteiger partial charge in [-0.3, -0.25) is 0 Å². The van der Waals surface area contributed by atoms with Crippen LogP contribution >= 0.6 is 0 Å². The first-order chi connectivity index (χ1) is 9.41. The molecule has 0 bridgehead atoms. The van der Waals surface area contributed by atoms with Gasteiger partial charge in [-0.15, -0.1) is 0 Å². The molecule has 7 nitrogen and oxygen atoms in total. The van der Waals surface area contributed by atoms with E-state index in [0.717, 1.165) is 25.9 Å². The Morgan fingerprint density at radius 3 is 2.30 bits per heavy atom. The van der Waals surface area contributed by atoms with Crippen molar-refractivity contribution >= 4 is 16.0 Å². The Kier molecular flexibility index (Phi) is 4.44. The average molecular weight is 300 g/mol. The Balaban J connectivity index is 1.97. The molecule has 20 heavy (non-hydrogen) atoms. The summed E-state index contributed by atoms with van der Waals surface area (Å²) in [5.74, 6) is 1.28. The molecule has 1 aromatic rings. The van der Waals surface area contributed by atoms with E-state index in [1.165, 1.54) is 10.6 Å². The van der Waals surface area contributed by atoms with Gasteiger partial charge in [-0.2, -0.15) is 0 Å². The number of nitrogens with zero attached hydrogens (tertiary/aromatic N) is 4. The number of aromatic nitrogens is 2. The lowest BCUT2D eigenvalue weighted by Gasteiger charge is -2.35. The van der Waals surface area contributed by atoms with Gasteiger partial charge in [0.2, 0.25) is 16.0 Å². The van der Waals surface area contributed by atoms with E-state index in [-0.39, 0.29) is 6.04 Å². The van der Waals surface area contributed by atoms with Crippen LogP contribution in [-0.2, 0) is 10.0 Å². The number of hydrogen-bond donors (Lipinski definition) is 0. The number of methoxy groups -OCH3 is 1. The molecule has 8 heteroatoms. The van der Waals surface area contributed by atoms with Gasteiger partial charge in [-0.1, -0.05) is 0 Å². The molecule has 0 aromatic carbocycles. The van der Waals surface area contributed by atoms with Crippen molar-refractivity contribution in [1.29, 1.82) is 0 Å². The third-order valence-corrected chi connectivity index (χ3v) is 4.98. The summed E-state index contributed by atoms with van der Waals surface area (Å²) < 4.78 is 29.5. The highest BCUT2D eigenvalue weighted by Crippen LogP contribution is 2.21. The van der Waals surface area contributed by atoms with Crippen LogP contribution in [-0.4, -0.2) is 62.2 Å². The molecule has 112 valence electrons. The Hall–Kier alpha value is -1.41. The molecule has 1 aromatic heterocycles. The van der Waals surface area contributed by atoms with E-state index in [9.17, 15) is 8.42 Å². The first-order valence-corrected chi connectivity index (χ1v) is 8.30. The summed E-state index contributed by atoms with van der Waals surface area (Å²) in [6, 6.07) is 0.0551. The number of anilines is 1. The quantitative estimate of drug-likeness (QED) is 0.798. The molecule has 1 fully saturated rings. The summed E-state index contributed by atoms with van der Waals surface area (Å²) in [6.07, 6.45) is 6.07. The van der Waals surface area contributed by atoms with Gasteiger partial charge in [0.15, 0.2) is 5.75 Å². The summed E-state index contributed by atoms with van der Waals surface area (Å²) >= 11 is 0. The van der Waals surface area contributed by atoms with E-state index in [1.54, 1.807) is 26.6 Å². The Morgan fingerprint density at radius 1 is 1.30 bits per heavy atom. The number of sulfonamides is 1. The summed E-state index contributed by atoms with van der Waals surface area (Å²) in [5, 5.41) is 0. The zero-order valence-electron chi connectivity index (χ0n) is 12.0. The minimum Gasteiger partial charge on any atom is -0.494 e. The SMILES string of the molecule is COc1cnc(N2CCC(N(C)S(C)(=O)=O)CC2)nc1. The molecule has 0 N–H and O–H groups in total. The third-order valence-electron chi connectivity index (χ3n) is 3.63. The van der Waals surface area contributed by atoms with Gasteiger partial charge in [0.25, 0.3) is 0 Å². The fraction of sp³-hybridized carbons (Fsp3) is 0.667. The predicted molar refractivity (Wildman–Crippen MR) is 76.4 cm³/mol. The second kappa shape index (κ2) is 5.92. The van der Waals surface area contributed by atoms with Gasteiger partial charge >= 0.3 is 0 Å². The zero-order chi connectivity index (χ0) is 14.8. The molecular formula is C12H20N4O3S. The fourth-order valence-corrected chi connectivity index (χ4v) is 3.03. The summed E-state index contributed by atoms with van der Waals surface area (Å²) in [5.41, 5.74) is 0. The van der Waals surface area contributed by atoms with E-state index in [1.807, 2.05) is 0 Å². The predicted octanol–water partition coefficient (Wildman–Crippen LogP) is 0.345. The largest absolute Gasteiger partial charge is 0.494 e. The number of ether oxygens (including phenoxy) is 1. The first kappa shape index (κ1) is 15.0. The molecule has 0 unspecified atom stereocenters. The average Bonchev–Trinajstić information content (AvgIpc) is 2.46. The van der Waals surface area contributed by atoms with Crippen molar-refractivity contribution < 1.29 is 13.2 Å². The fourth-order valence-electron chi connectivity index (χ4n) is 2.28. The maximum atomic E-state index is 11.5. The molecule has 2 heterocycles. The van der Waals surface area contributed by atoms with E-state index < -0.39 is 10.0 Å². The lowest BCUT2D eigenvalue weighted by molar-refractivity contribution is 0.312. The molecular weight excluding hydrogens is 280 g/mol. The highest BCUT2D eigenvalue weighted by Gasteiger charge is 2.27. The standard InChI is InChI=1S/C12H20N4O3S/c1-15(20(3,17)18)10-4-6-16(7-5-10)12-13-8-11(19-2)9-14-12/h8-10H,4-7H2,1-3H3. The van der Waals surface area contributed by atoms with Crippen molar-refractivity contribution in [2.45, 2.75) is 18.9 Å². The van der Waals surface area contributed by atoms with E-state index in [4.69, 9.17) is 4.74 Å². The lowest BCUT2D eigenvalue weighted by atomic mass is 10.1. The smallest absolute Gasteiger partial charge is 0.225 e. The number of rotatable bonds is 4. The number of piperidine rings is 1. The van der Waals surface area contributed by atoms with Gasteiger partial charge in [0.1, 0.15) is 0 Å². The van der Waals surface area contributed by atoms with E-state index in [0.29, 0.717) is 11.7 Å². The molecule has 1 aliphatic heterocycles. The molecule has 0 aliphatic carbocycles. The van der Waals surface area contributed by atoms with Crippen molar-refractivity contribution in [3.8, 4) is 5.75 Å². The minimum atomic E-state index is -3.13. The van der Waals surface area contributed by atoms with Crippen LogP contribution in [0.5, 0.6) is 5.75 Å². The molecule has 1 aliphatic rings. The van der Waals surface area contributed by atoms with Gasteiger partial charge < -0.3 is 9.64 Å². The van der Waals surface area contributed by atoms with Gasteiger partial charge in [-0.05, 0) is 12.8 Å². The maximum Gasteiger partial charge on any atom is 0.225 e. The molecule has 1 saturated heterocycles. The highest BCUT2D eigenvalue weighted by atomic mass is 32.2. The molecule has 0 spiro atoms. The van der Waals surface area contributed by atoms with E-state index in [2.05, 4.69) is 14.9 Å². The first-order valence-electron chi connectivity index (χ1n) is 6.46. The molecule has 0 saturated carbocycles. The lowest BCUT2D eigenvalue weighted by Crippen LogP contribution is -2.45. The van der Waals surface area contributed by atoms with Gasteiger partial charge in [-0.25, -0.2) is 22.7 Å². The van der Waals surface area contributed by atoms with Gasteiger partial charge in [0, 0.05) is 26.2 Å². The zero-order valence-corrected chi connectivity index (χ0v) is 12.8. The summed E-state index contributed by atoms with van der Waals surface area (Å²) in [7, 11) is 0.0862. The second-order valence-corrected chi connectivity index (χ2v) is 6.96. The highest BCUT2D eigenvalue weighted by molar-refractivity contribution is 7.88. The van der Waals surface area contributed by atoms with Crippen LogP contribution in [0.3, 0.4) is 0 Å². The van der Waals surface area contributed by atoms with Gasteiger partial charge in [0.05, 0.1) is 25.8 Å². The van der Waals surface area contributed by atoms with Crippen molar-refractivity contribution in [2.75, 3.05) is 38.4 Å². The maximum absolute atomic E-state index is 11.5. The second-order valence-electron chi connectivity index (χ2n) is 4.92. The topological polar surface area (TPSA) is 75.6 Å². The van der Waals surface area contributed by atoms with Crippen LogP contribution in [0, 0.1) is 0 Å². The van der Waals surface area contributed by atoms with Crippen molar-refractivity contribution in [2.24, 2.45) is 0 Å². The molecule has 0 atom stereocenters. The van der Waals surface area contributed by atoms with Crippen LogP contribution in [0.4, 0.5) is 5.95 Å². The summed E-state index contributed by atoms with van der Waals surface area (Å²) in [6.45, 7) is 1.49. The van der Waals surface area contributed by atoms with Crippen molar-refractivity contribution in [3.63, 3.8) is 0 Å². The Morgan fingerprint density at radius 2 is 1.85 bits per heavy atom. The van der Waals surface area contributed by atoms with Crippen LogP contribution in [0.2, 0.25) is 0 Å². The molecule has 0 radical (unpaired) electrons. The van der Waals surface area contributed by atoms with Crippen LogP contribution in [0.15, 0.2) is 12.4 Å². The monoisotopic (exact) mass is 300 g/mol. The van der Waals surface area contributed by atoms with Crippen molar-refractivity contribution in [3.05, 3.63) is 12.4 Å². The molecule has 2 rings (SSSR count). The molecule has 0 amide bonds. The summed E-state index contributed by atoms with van der Waals surface area (Å²) in [4.78, 5) is 10.6. The van der Waals surface area contributed by atoms with Crippen LogP contribution in [0.25, 0.3) is 0 Å². The minimum absolute atomic E-state index is 0.0551. The normalized spacial score (nSPS) is 17.5. The Labute approximate surface area is 119 Å². The van der Waals surface area contributed by atoms with Crippen LogP contribution in [0.1, 0.15) is 12.8 Å².